The van der Waals surface area contributed by atoms with Crippen LogP contribution in [0.15, 0.2) is 75.9 Å². The molecule has 7 heteroatoms. The number of halogens is 1. The normalized spacial score (nSPS) is 15.2. The molecule has 1 aliphatic heterocycles. The lowest BCUT2D eigenvalue weighted by Crippen LogP contribution is -2.29. The lowest BCUT2D eigenvalue weighted by molar-refractivity contribution is 0.0714. The number of benzene rings is 3. The lowest BCUT2D eigenvalue weighted by Gasteiger charge is -2.25. The summed E-state index contributed by atoms with van der Waals surface area (Å²) in [7, 11) is 1.57. The van der Waals surface area contributed by atoms with Crippen LogP contribution in [0, 0.1) is 5.82 Å². The number of ether oxygens (including phenoxy) is 1. The molecule has 1 amide bonds. The number of rotatable bonds is 4. The van der Waals surface area contributed by atoms with Crippen LogP contribution in [0.25, 0.3) is 11.0 Å². The van der Waals surface area contributed by atoms with E-state index < -0.39 is 23.2 Å². The summed E-state index contributed by atoms with van der Waals surface area (Å²) < 4.78 is 24.8. The van der Waals surface area contributed by atoms with Gasteiger partial charge in [0.25, 0.3) is 5.91 Å². The van der Waals surface area contributed by atoms with Gasteiger partial charge in [0.2, 0.25) is 5.76 Å². The van der Waals surface area contributed by atoms with Crippen molar-refractivity contribution in [1.82, 2.24) is 4.90 Å². The van der Waals surface area contributed by atoms with Crippen LogP contribution in [0.3, 0.4) is 0 Å². The highest BCUT2D eigenvalue weighted by atomic mass is 19.1. The first-order valence-corrected chi connectivity index (χ1v) is 9.95. The summed E-state index contributed by atoms with van der Waals surface area (Å²) in [6.07, 6.45) is 0. The number of phenolic OH excluding ortho intramolecular Hbond substituents is 1. The third-order valence-corrected chi connectivity index (χ3v) is 5.65. The fourth-order valence-electron chi connectivity index (χ4n) is 4.09. The standard InChI is InChI=1S/C25H18FNO5/c1-31-18-9-2-14(3-10-18)13-27-22(15-4-7-17(28)8-5-15)21-23(29)19-12-16(26)6-11-20(19)32-24(21)25(27)30/h2-12,22,28H,13H2,1H3/t22-/m1/s1. The molecule has 0 radical (unpaired) electrons. The Balaban J connectivity index is 1.68. The SMILES string of the molecule is COc1ccc(CN2C(=O)c3oc4ccc(F)cc4c(=O)c3[C@H]2c2ccc(O)cc2)cc1. The second-order valence-electron chi connectivity index (χ2n) is 7.59. The minimum Gasteiger partial charge on any atom is -0.508 e. The van der Waals surface area contributed by atoms with E-state index in [0.717, 1.165) is 11.6 Å². The van der Waals surface area contributed by atoms with Gasteiger partial charge in [-0.05, 0) is 53.6 Å². The molecule has 0 bridgehead atoms. The van der Waals surface area contributed by atoms with E-state index in [0.29, 0.717) is 11.3 Å². The number of hydrogen-bond donors (Lipinski definition) is 1. The third-order valence-electron chi connectivity index (χ3n) is 5.65. The van der Waals surface area contributed by atoms with Crippen molar-refractivity contribution in [3.8, 4) is 11.5 Å². The molecule has 0 unspecified atom stereocenters. The van der Waals surface area contributed by atoms with Gasteiger partial charge >= 0.3 is 0 Å². The first kappa shape index (κ1) is 19.8. The Morgan fingerprint density at radius 3 is 2.44 bits per heavy atom. The zero-order valence-electron chi connectivity index (χ0n) is 17.0. The van der Waals surface area contributed by atoms with Gasteiger partial charge in [0.1, 0.15) is 22.9 Å². The second-order valence-corrected chi connectivity index (χ2v) is 7.59. The van der Waals surface area contributed by atoms with Gasteiger partial charge in [-0.1, -0.05) is 24.3 Å². The molecule has 4 aromatic rings. The number of aromatic hydroxyl groups is 1. The van der Waals surface area contributed by atoms with Gasteiger partial charge in [-0.2, -0.15) is 0 Å². The lowest BCUT2D eigenvalue weighted by atomic mass is 9.98. The van der Waals surface area contributed by atoms with Crippen LogP contribution in [-0.4, -0.2) is 23.0 Å². The molecule has 5 rings (SSSR count). The fraction of sp³-hybridized carbons (Fsp3) is 0.120. The van der Waals surface area contributed by atoms with E-state index in [1.165, 1.54) is 24.3 Å². The summed E-state index contributed by atoms with van der Waals surface area (Å²) in [5, 5.41) is 9.78. The van der Waals surface area contributed by atoms with E-state index in [2.05, 4.69) is 0 Å². The molecule has 0 saturated carbocycles. The summed E-state index contributed by atoms with van der Waals surface area (Å²) >= 11 is 0. The van der Waals surface area contributed by atoms with E-state index >= 15 is 0 Å². The van der Waals surface area contributed by atoms with E-state index in [1.807, 2.05) is 12.1 Å². The maximum atomic E-state index is 13.8. The van der Waals surface area contributed by atoms with Crippen molar-refractivity contribution in [2.75, 3.05) is 7.11 Å². The molecule has 1 aromatic heterocycles. The topological polar surface area (TPSA) is 80.0 Å². The van der Waals surface area contributed by atoms with Gasteiger partial charge in [-0.25, -0.2) is 4.39 Å². The number of fused-ring (bicyclic) bond motifs is 2. The molecule has 160 valence electrons. The minimum absolute atomic E-state index is 0.0549. The Kier molecular flexibility index (Phi) is 4.66. The summed E-state index contributed by atoms with van der Waals surface area (Å²) in [5.41, 5.74) is 1.32. The summed E-state index contributed by atoms with van der Waals surface area (Å²) in [6, 6.07) is 16.4. The Bertz CT molecular complexity index is 1390. The highest BCUT2D eigenvalue weighted by molar-refractivity contribution is 5.99. The number of carbonyl (C=O) groups excluding carboxylic acids is 1. The molecule has 0 spiro atoms. The zero-order chi connectivity index (χ0) is 22.4. The molecule has 0 saturated heterocycles. The van der Waals surface area contributed by atoms with Crippen molar-refractivity contribution < 1.29 is 23.4 Å². The molecule has 0 aliphatic carbocycles. The zero-order valence-corrected chi connectivity index (χ0v) is 17.0. The maximum absolute atomic E-state index is 13.8. The number of methoxy groups -OCH3 is 1. The molecule has 1 atom stereocenters. The van der Waals surface area contributed by atoms with Gasteiger partial charge in [0, 0.05) is 6.54 Å². The van der Waals surface area contributed by atoms with Gasteiger partial charge in [0.05, 0.1) is 24.1 Å². The Morgan fingerprint density at radius 1 is 1.03 bits per heavy atom. The van der Waals surface area contributed by atoms with Crippen LogP contribution in [0.5, 0.6) is 11.5 Å². The minimum atomic E-state index is -0.746. The first-order valence-electron chi connectivity index (χ1n) is 9.95. The average molecular weight is 431 g/mol. The molecular weight excluding hydrogens is 413 g/mol. The van der Waals surface area contributed by atoms with Crippen LogP contribution in [-0.2, 0) is 6.54 Å². The second kappa shape index (κ2) is 7.53. The monoisotopic (exact) mass is 431 g/mol. The van der Waals surface area contributed by atoms with Crippen molar-refractivity contribution in [2.24, 2.45) is 0 Å². The van der Waals surface area contributed by atoms with Crippen LogP contribution in [0.2, 0.25) is 0 Å². The molecule has 1 N–H and O–H groups in total. The maximum Gasteiger partial charge on any atom is 0.291 e. The van der Waals surface area contributed by atoms with Crippen molar-refractivity contribution in [2.45, 2.75) is 12.6 Å². The average Bonchev–Trinajstić information content (AvgIpc) is 3.07. The Morgan fingerprint density at radius 2 is 1.75 bits per heavy atom. The number of carbonyl (C=O) groups is 1. The van der Waals surface area contributed by atoms with Crippen LogP contribution in [0.1, 0.15) is 33.3 Å². The Hall–Kier alpha value is -4.13. The molecule has 1 aliphatic rings. The van der Waals surface area contributed by atoms with Gasteiger partial charge in [-0.15, -0.1) is 0 Å². The number of phenols is 1. The Labute approximate surface area is 182 Å². The largest absolute Gasteiger partial charge is 0.508 e. The smallest absolute Gasteiger partial charge is 0.291 e. The van der Waals surface area contributed by atoms with Crippen LogP contribution < -0.4 is 10.2 Å². The number of hydrogen-bond acceptors (Lipinski definition) is 5. The van der Waals surface area contributed by atoms with Gasteiger partial charge in [-0.3, -0.25) is 9.59 Å². The van der Waals surface area contributed by atoms with E-state index in [4.69, 9.17) is 9.15 Å². The van der Waals surface area contributed by atoms with Crippen molar-refractivity contribution >= 4 is 16.9 Å². The van der Waals surface area contributed by atoms with E-state index in [9.17, 15) is 19.1 Å². The first-order chi connectivity index (χ1) is 15.5. The van der Waals surface area contributed by atoms with E-state index in [-0.39, 0.29) is 34.6 Å². The van der Waals surface area contributed by atoms with Crippen LogP contribution in [0.4, 0.5) is 4.39 Å². The van der Waals surface area contributed by atoms with Gasteiger partial charge in [0.15, 0.2) is 5.43 Å². The number of nitrogens with zero attached hydrogens (tertiary/aromatic N) is 1. The highest BCUT2D eigenvalue weighted by Gasteiger charge is 2.42. The highest BCUT2D eigenvalue weighted by Crippen LogP contribution is 2.39. The summed E-state index contributed by atoms with van der Waals surface area (Å²) in [4.78, 5) is 28.3. The van der Waals surface area contributed by atoms with Crippen molar-refractivity contribution in [1.29, 1.82) is 0 Å². The van der Waals surface area contributed by atoms with E-state index in [1.54, 1.807) is 36.3 Å². The van der Waals surface area contributed by atoms with Gasteiger partial charge < -0.3 is 19.2 Å². The predicted octanol–water partition coefficient (Wildman–Crippen LogP) is 4.39. The molecule has 0 fully saturated rings. The summed E-state index contributed by atoms with van der Waals surface area (Å²) in [6.45, 7) is 0.211. The molecule has 2 heterocycles. The fourth-order valence-corrected chi connectivity index (χ4v) is 4.09. The quantitative estimate of drug-likeness (QED) is 0.518. The van der Waals surface area contributed by atoms with Crippen molar-refractivity contribution in [3.63, 3.8) is 0 Å². The number of amides is 1. The summed E-state index contributed by atoms with van der Waals surface area (Å²) in [5.74, 6) is -0.305. The molecule has 3 aromatic carbocycles. The molecular formula is C25H18FNO5. The predicted molar refractivity (Wildman–Crippen MR) is 115 cm³/mol. The molecule has 6 nitrogen and oxygen atoms in total. The third kappa shape index (κ3) is 3.19. The van der Waals surface area contributed by atoms with Crippen LogP contribution >= 0.6 is 0 Å². The molecule has 32 heavy (non-hydrogen) atoms. The van der Waals surface area contributed by atoms with Crippen molar-refractivity contribution in [3.05, 3.63) is 105 Å².